The third kappa shape index (κ3) is 5.44. The van der Waals surface area contributed by atoms with Crippen LogP contribution in [0.25, 0.3) is 11.3 Å². The van der Waals surface area contributed by atoms with Crippen LogP contribution >= 0.6 is 11.6 Å². The van der Waals surface area contributed by atoms with Gasteiger partial charge in [-0.2, -0.15) is 5.10 Å². The first kappa shape index (κ1) is 24.4. The fourth-order valence-corrected chi connectivity index (χ4v) is 4.44. The van der Waals surface area contributed by atoms with E-state index in [1.54, 1.807) is 46.2 Å². The summed E-state index contributed by atoms with van der Waals surface area (Å²) in [4.78, 5) is 15.5. The number of rotatable bonds is 8. The second kappa shape index (κ2) is 10.8. The number of aryl methyl sites for hydroxylation is 2. The van der Waals surface area contributed by atoms with Crippen LogP contribution in [0.4, 0.5) is 0 Å². The van der Waals surface area contributed by atoms with E-state index in [0.29, 0.717) is 28.0 Å². The molecular formula is C30H26ClN3O3. The number of carbonyl (C=O) groups is 1. The molecular weight excluding hydrogens is 486 g/mol. The predicted molar refractivity (Wildman–Crippen MR) is 144 cm³/mol. The van der Waals surface area contributed by atoms with Gasteiger partial charge in [0.2, 0.25) is 5.88 Å². The number of hydrogen-bond donors (Lipinski definition) is 0. The Balaban J connectivity index is 1.60. The van der Waals surface area contributed by atoms with Crippen LogP contribution in [0.5, 0.6) is 11.6 Å². The van der Waals surface area contributed by atoms with Crippen molar-refractivity contribution in [2.24, 2.45) is 7.05 Å². The lowest BCUT2D eigenvalue weighted by Crippen LogP contribution is -2.30. The van der Waals surface area contributed by atoms with E-state index in [9.17, 15) is 4.79 Å². The van der Waals surface area contributed by atoms with Crippen LogP contribution in [0.3, 0.4) is 0 Å². The van der Waals surface area contributed by atoms with Crippen LogP contribution in [0.2, 0.25) is 5.02 Å². The number of ether oxygens (including phenoxy) is 1. The van der Waals surface area contributed by atoms with Crippen LogP contribution in [-0.4, -0.2) is 20.6 Å². The molecule has 0 saturated heterocycles. The highest BCUT2D eigenvalue weighted by atomic mass is 35.5. The number of aromatic nitrogens is 2. The maximum absolute atomic E-state index is 13.8. The minimum Gasteiger partial charge on any atom is -0.467 e. The van der Waals surface area contributed by atoms with Gasteiger partial charge in [0.25, 0.3) is 5.91 Å². The maximum atomic E-state index is 13.8. The number of carbonyl (C=O) groups excluding carboxylic acids is 1. The van der Waals surface area contributed by atoms with Gasteiger partial charge in [-0.25, -0.2) is 4.68 Å². The molecule has 2 heterocycles. The Morgan fingerprint density at radius 3 is 2.49 bits per heavy atom. The molecule has 0 aliphatic rings. The Hall–Kier alpha value is -4.29. The lowest BCUT2D eigenvalue weighted by Gasteiger charge is -2.23. The highest BCUT2D eigenvalue weighted by Crippen LogP contribution is 2.35. The molecule has 7 heteroatoms. The van der Waals surface area contributed by atoms with Crippen LogP contribution in [0.1, 0.15) is 27.2 Å². The minimum atomic E-state index is -0.216. The van der Waals surface area contributed by atoms with E-state index in [2.05, 4.69) is 0 Å². The Kier molecular flexibility index (Phi) is 7.10. The molecule has 0 atom stereocenters. The van der Waals surface area contributed by atoms with E-state index in [0.717, 1.165) is 22.4 Å². The molecule has 6 nitrogen and oxygen atoms in total. The first-order chi connectivity index (χ1) is 18.0. The highest BCUT2D eigenvalue weighted by molar-refractivity contribution is 6.33. The van der Waals surface area contributed by atoms with E-state index >= 15 is 0 Å². The molecule has 5 rings (SSSR count). The molecule has 1 amide bonds. The molecule has 0 spiro atoms. The zero-order valence-electron chi connectivity index (χ0n) is 20.6. The minimum absolute atomic E-state index is 0.216. The Labute approximate surface area is 220 Å². The molecule has 0 bridgehead atoms. The van der Waals surface area contributed by atoms with Crippen LogP contribution < -0.4 is 4.74 Å². The summed E-state index contributed by atoms with van der Waals surface area (Å²) in [5.41, 5.74) is 3.94. The Morgan fingerprint density at radius 1 is 0.973 bits per heavy atom. The summed E-state index contributed by atoms with van der Waals surface area (Å²) in [6.45, 7) is 2.49. The molecule has 37 heavy (non-hydrogen) atoms. The van der Waals surface area contributed by atoms with Crippen molar-refractivity contribution in [1.29, 1.82) is 0 Å². The zero-order chi connectivity index (χ0) is 25.8. The van der Waals surface area contributed by atoms with E-state index < -0.39 is 0 Å². The molecule has 0 saturated carbocycles. The van der Waals surface area contributed by atoms with Gasteiger partial charge in [-0.3, -0.25) is 4.79 Å². The van der Waals surface area contributed by atoms with Gasteiger partial charge in [0.05, 0.1) is 35.5 Å². The number of nitrogens with zero attached hydrogens (tertiary/aromatic N) is 3. The van der Waals surface area contributed by atoms with Crippen molar-refractivity contribution in [3.05, 3.63) is 125 Å². The van der Waals surface area contributed by atoms with E-state index in [1.165, 1.54) is 0 Å². The summed E-state index contributed by atoms with van der Waals surface area (Å²) in [5.74, 6) is 1.69. The molecule has 5 aromatic rings. The monoisotopic (exact) mass is 511 g/mol. The number of benzene rings is 3. The van der Waals surface area contributed by atoms with Crippen LogP contribution in [-0.2, 0) is 20.1 Å². The SMILES string of the molecule is Cc1cccc(Oc2c(CN(Cc3ccco3)C(=O)c3ccccc3Cl)c(-c3ccccc3)nn2C)c1. The van der Waals surface area contributed by atoms with E-state index in [1.807, 2.05) is 74.6 Å². The van der Waals surface area contributed by atoms with Crippen molar-refractivity contribution >= 4 is 17.5 Å². The van der Waals surface area contributed by atoms with Gasteiger partial charge in [0.15, 0.2) is 0 Å². The summed E-state index contributed by atoms with van der Waals surface area (Å²) in [7, 11) is 1.84. The molecule has 186 valence electrons. The van der Waals surface area contributed by atoms with Crippen molar-refractivity contribution in [3.63, 3.8) is 0 Å². The third-order valence-corrected chi connectivity index (χ3v) is 6.34. The van der Waals surface area contributed by atoms with Crippen LogP contribution in [0.15, 0.2) is 102 Å². The number of halogens is 1. The highest BCUT2D eigenvalue weighted by Gasteiger charge is 2.26. The third-order valence-electron chi connectivity index (χ3n) is 6.01. The van der Waals surface area contributed by atoms with Gasteiger partial charge in [0.1, 0.15) is 17.2 Å². The lowest BCUT2D eigenvalue weighted by molar-refractivity contribution is 0.0717. The second-order valence-electron chi connectivity index (χ2n) is 8.76. The summed E-state index contributed by atoms with van der Waals surface area (Å²) in [6, 6.07) is 28.4. The number of hydrogen-bond acceptors (Lipinski definition) is 4. The molecule has 0 unspecified atom stereocenters. The van der Waals surface area contributed by atoms with Gasteiger partial charge >= 0.3 is 0 Å². The first-order valence-corrected chi connectivity index (χ1v) is 12.3. The maximum Gasteiger partial charge on any atom is 0.256 e. The van der Waals surface area contributed by atoms with Gasteiger partial charge in [-0.05, 0) is 48.9 Å². The molecule has 3 aromatic carbocycles. The fraction of sp³-hybridized carbons (Fsp3) is 0.133. The average molecular weight is 512 g/mol. The van der Waals surface area contributed by atoms with Crippen LogP contribution in [0, 0.1) is 6.92 Å². The van der Waals surface area contributed by atoms with Gasteiger partial charge < -0.3 is 14.1 Å². The molecule has 0 aliphatic heterocycles. The predicted octanol–water partition coefficient (Wildman–Crippen LogP) is 7.28. The number of furan rings is 1. The largest absolute Gasteiger partial charge is 0.467 e. The first-order valence-electron chi connectivity index (χ1n) is 11.9. The van der Waals surface area contributed by atoms with E-state index in [-0.39, 0.29) is 19.0 Å². The summed E-state index contributed by atoms with van der Waals surface area (Å²) in [6.07, 6.45) is 1.60. The normalized spacial score (nSPS) is 10.9. The smallest absolute Gasteiger partial charge is 0.256 e. The van der Waals surface area contributed by atoms with Crippen molar-refractivity contribution in [1.82, 2.24) is 14.7 Å². The van der Waals surface area contributed by atoms with Crippen molar-refractivity contribution in [2.75, 3.05) is 0 Å². The van der Waals surface area contributed by atoms with Crippen molar-refractivity contribution in [2.45, 2.75) is 20.0 Å². The molecule has 0 fully saturated rings. The van der Waals surface area contributed by atoms with Gasteiger partial charge in [-0.1, -0.05) is 66.2 Å². The second-order valence-corrected chi connectivity index (χ2v) is 9.17. The Bertz CT molecular complexity index is 1510. The topological polar surface area (TPSA) is 60.5 Å². The van der Waals surface area contributed by atoms with Crippen molar-refractivity contribution in [3.8, 4) is 22.9 Å². The molecule has 2 aromatic heterocycles. The molecule has 0 aliphatic carbocycles. The average Bonchev–Trinajstić information content (AvgIpc) is 3.52. The molecule has 0 N–H and O–H groups in total. The standard InChI is InChI=1S/C30H26ClN3O3/c1-21-10-8-13-23(18-21)37-30-26(28(32-33(30)2)22-11-4-3-5-12-22)20-34(19-24-14-9-17-36-24)29(35)25-15-6-7-16-27(25)31/h3-18H,19-20H2,1-2H3. The van der Waals surface area contributed by atoms with Gasteiger partial charge in [-0.15, -0.1) is 0 Å². The van der Waals surface area contributed by atoms with Crippen molar-refractivity contribution < 1.29 is 13.9 Å². The van der Waals surface area contributed by atoms with E-state index in [4.69, 9.17) is 25.9 Å². The Morgan fingerprint density at radius 2 is 1.76 bits per heavy atom. The fourth-order valence-electron chi connectivity index (χ4n) is 4.23. The van der Waals surface area contributed by atoms with Gasteiger partial charge in [0, 0.05) is 12.6 Å². The molecule has 0 radical (unpaired) electrons. The quantitative estimate of drug-likeness (QED) is 0.220. The summed E-state index contributed by atoms with van der Waals surface area (Å²) >= 11 is 6.42. The zero-order valence-corrected chi connectivity index (χ0v) is 21.4. The summed E-state index contributed by atoms with van der Waals surface area (Å²) < 4.78 is 13.7. The summed E-state index contributed by atoms with van der Waals surface area (Å²) in [5, 5.41) is 5.19. The lowest BCUT2D eigenvalue weighted by atomic mass is 10.1. The number of amides is 1.